The predicted octanol–water partition coefficient (Wildman–Crippen LogP) is 6.67. The molecule has 1 atom stereocenters. The molecule has 156 valence electrons. The molecule has 3 aliphatic carbocycles. The number of hydrogen-bond acceptors (Lipinski definition) is 3. The van der Waals surface area contributed by atoms with E-state index in [-0.39, 0.29) is 17.5 Å². The van der Waals surface area contributed by atoms with Crippen LogP contribution in [0.2, 0.25) is 0 Å². The lowest BCUT2D eigenvalue weighted by molar-refractivity contribution is -0.116. The third-order valence-electron chi connectivity index (χ3n) is 6.79. The van der Waals surface area contributed by atoms with E-state index in [0.717, 1.165) is 57.8 Å². The summed E-state index contributed by atoms with van der Waals surface area (Å²) in [5, 5.41) is 0. The number of rotatable bonds is 3. The van der Waals surface area contributed by atoms with Crippen molar-refractivity contribution in [3.05, 3.63) is 112 Å². The molecule has 0 bridgehead atoms. The lowest BCUT2D eigenvalue weighted by atomic mass is 9.69. The van der Waals surface area contributed by atoms with Gasteiger partial charge in [0.2, 0.25) is 0 Å². The summed E-state index contributed by atoms with van der Waals surface area (Å²) < 4.78 is 5.95. The molecule has 0 saturated heterocycles. The number of ether oxygens (including phenoxy) is 1. The highest BCUT2D eigenvalue weighted by Crippen LogP contribution is 2.52. The topological polar surface area (TPSA) is 43.4 Å². The highest BCUT2D eigenvalue weighted by molar-refractivity contribution is 6.23. The standard InChI is InChI=1S/C29H22O3/c30-25-12-6-7-19-17-24-22-10-4-5-11-23(22)29(31)28(24)27(26(19)25)18-13-15-21(16-14-18)32-20-8-2-1-3-9-20/h1-5,8-11,13-16,27H,6-7,12,17H2. The summed E-state index contributed by atoms with van der Waals surface area (Å²) in [7, 11) is 0. The minimum Gasteiger partial charge on any atom is -0.457 e. The number of para-hydroxylation sites is 1. The van der Waals surface area contributed by atoms with Crippen LogP contribution >= 0.6 is 0 Å². The zero-order chi connectivity index (χ0) is 21.7. The van der Waals surface area contributed by atoms with Gasteiger partial charge in [0.25, 0.3) is 0 Å². The fourth-order valence-electron chi connectivity index (χ4n) is 5.39. The Bertz CT molecular complexity index is 1310. The molecule has 1 unspecified atom stereocenters. The number of carbonyl (C=O) groups excluding carboxylic acids is 2. The summed E-state index contributed by atoms with van der Waals surface area (Å²) in [6.45, 7) is 0. The van der Waals surface area contributed by atoms with Gasteiger partial charge < -0.3 is 4.74 Å². The number of hydrogen-bond donors (Lipinski definition) is 0. The Morgan fingerprint density at radius 2 is 1.38 bits per heavy atom. The van der Waals surface area contributed by atoms with Crippen LogP contribution < -0.4 is 4.74 Å². The Morgan fingerprint density at radius 3 is 2.16 bits per heavy atom. The maximum absolute atomic E-state index is 13.5. The van der Waals surface area contributed by atoms with E-state index in [1.54, 1.807) is 0 Å². The molecule has 0 radical (unpaired) electrons. The van der Waals surface area contributed by atoms with Crippen LogP contribution in [0.5, 0.6) is 11.5 Å². The zero-order valence-corrected chi connectivity index (χ0v) is 17.6. The highest BCUT2D eigenvalue weighted by atomic mass is 16.5. The monoisotopic (exact) mass is 418 g/mol. The normalized spacial score (nSPS) is 19.6. The van der Waals surface area contributed by atoms with Crippen molar-refractivity contribution in [2.45, 2.75) is 31.6 Å². The number of allylic oxidation sites excluding steroid dienone is 4. The molecule has 6 rings (SSSR count). The Kier molecular flexibility index (Phi) is 4.43. The lowest BCUT2D eigenvalue weighted by Gasteiger charge is -2.32. The van der Waals surface area contributed by atoms with Crippen molar-refractivity contribution in [2.75, 3.05) is 0 Å². The fraction of sp³-hybridized carbons (Fsp3) is 0.172. The van der Waals surface area contributed by atoms with Crippen LogP contribution in [-0.2, 0) is 4.79 Å². The molecule has 3 nitrogen and oxygen atoms in total. The van der Waals surface area contributed by atoms with Gasteiger partial charge in [-0.3, -0.25) is 9.59 Å². The number of ketones is 2. The van der Waals surface area contributed by atoms with Crippen molar-refractivity contribution in [3.8, 4) is 11.5 Å². The molecule has 0 aromatic heterocycles. The van der Waals surface area contributed by atoms with Crippen LogP contribution in [0.15, 0.2) is 95.6 Å². The molecular formula is C29H22O3. The first-order valence-corrected chi connectivity index (χ1v) is 11.2. The molecule has 32 heavy (non-hydrogen) atoms. The molecule has 0 spiro atoms. The van der Waals surface area contributed by atoms with E-state index in [4.69, 9.17) is 4.74 Å². The summed E-state index contributed by atoms with van der Waals surface area (Å²) in [4.78, 5) is 26.6. The maximum Gasteiger partial charge on any atom is 0.190 e. The number of benzene rings is 3. The van der Waals surface area contributed by atoms with Gasteiger partial charge in [-0.1, -0.05) is 60.2 Å². The SMILES string of the molecule is O=C1CCCC2=C1C(c1ccc(Oc3ccccc3)cc1)C1=C(C2)c2ccccc2C1=O. The van der Waals surface area contributed by atoms with E-state index in [0.29, 0.717) is 12.8 Å². The average Bonchev–Trinajstić information content (AvgIpc) is 3.11. The van der Waals surface area contributed by atoms with Gasteiger partial charge in [0.05, 0.1) is 0 Å². The Balaban J connectivity index is 1.44. The van der Waals surface area contributed by atoms with Crippen LogP contribution in [0.1, 0.15) is 53.1 Å². The van der Waals surface area contributed by atoms with Crippen molar-refractivity contribution in [3.63, 3.8) is 0 Å². The van der Waals surface area contributed by atoms with Gasteiger partial charge >= 0.3 is 0 Å². The van der Waals surface area contributed by atoms with E-state index in [9.17, 15) is 9.59 Å². The molecule has 3 aromatic rings. The molecule has 3 aromatic carbocycles. The third kappa shape index (κ3) is 2.96. The van der Waals surface area contributed by atoms with E-state index in [1.165, 1.54) is 5.57 Å². The van der Waals surface area contributed by atoms with Crippen molar-refractivity contribution < 1.29 is 14.3 Å². The number of fused-ring (bicyclic) bond motifs is 2. The minimum absolute atomic E-state index is 0.0649. The zero-order valence-electron chi connectivity index (χ0n) is 17.6. The first-order valence-electron chi connectivity index (χ1n) is 11.2. The number of carbonyl (C=O) groups is 2. The van der Waals surface area contributed by atoms with Crippen LogP contribution in [0.3, 0.4) is 0 Å². The van der Waals surface area contributed by atoms with Gasteiger partial charge in [0.1, 0.15) is 11.5 Å². The summed E-state index contributed by atoms with van der Waals surface area (Å²) in [6.07, 6.45) is 3.10. The van der Waals surface area contributed by atoms with Crippen LogP contribution in [0.25, 0.3) is 5.57 Å². The maximum atomic E-state index is 13.5. The van der Waals surface area contributed by atoms with E-state index in [2.05, 4.69) is 0 Å². The van der Waals surface area contributed by atoms with Crippen LogP contribution in [0, 0.1) is 0 Å². The van der Waals surface area contributed by atoms with Gasteiger partial charge in [-0.2, -0.15) is 0 Å². The van der Waals surface area contributed by atoms with E-state index >= 15 is 0 Å². The van der Waals surface area contributed by atoms with Gasteiger partial charge in [0.15, 0.2) is 11.6 Å². The second-order valence-electron chi connectivity index (χ2n) is 8.65. The molecule has 0 fully saturated rings. The summed E-state index contributed by atoms with van der Waals surface area (Å²) in [5.74, 6) is 1.46. The Hall–Kier alpha value is -3.72. The van der Waals surface area contributed by atoms with Gasteiger partial charge in [-0.15, -0.1) is 0 Å². The Morgan fingerprint density at radius 1 is 0.688 bits per heavy atom. The Labute approximate surface area is 187 Å². The molecule has 0 N–H and O–H groups in total. The van der Waals surface area contributed by atoms with Crippen molar-refractivity contribution >= 4 is 17.1 Å². The molecule has 3 aliphatic rings. The second kappa shape index (κ2) is 7.45. The first kappa shape index (κ1) is 19.0. The minimum atomic E-state index is -0.299. The fourth-order valence-corrected chi connectivity index (χ4v) is 5.39. The molecule has 0 heterocycles. The lowest BCUT2D eigenvalue weighted by Crippen LogP contribution is -2.25. The van der Waals surface area contributed by atoms with Crippen LogP contribution in [-0.4, -0.2) is 11.6 Å². The van der Waals surface area contributed by atoms with Gasteiger partial charge in [0, 0.05) is 29.0 Å². The third-order valence-corrected chi connectivity index (χ3v) is 6.79. The quantitative estimate of drug-likeness (QED) is 0.477. The number of Topliss-reactive ketones (excluding diaryl/α,β-unsaturated/α-hetero) is 2. The molecular weight excluding hydrogens is 396 g/mol. The molecule has 0 amide bonds. The molecule has 3 heteroatoms. The molecule has 0 aliphatic heterocycles. The van der Waals surface area contributed by atoms with Crippen molar-refractivity contribution in [2.24, 2.45) is 0 Å². The summed E-state index contributed by atoms with van der Waals surface area (Å²) in [5.41, 5.74) is 6.73. The van der Waals surface area contributed by atoms with Crippen molar-refractivity contribution in [1.29, 1.82) is 0 Å². The summed E-state index contributed by atoms with van der Waals surface area (Å²) in [6, 6.07) is 25.4. The van der Waals surface area contributed by atoms with E-state index in [1.807, 2.05) is 78.9 Å². The second-order valence-corrected chi connectivity index (χ2v) is 8.65. The predicted molar refractivity (Wildman–Crippen MR) is 124 cm³/mol. The van der Waals surface area contributed by atoms with Gasteiger partial charge in [-0.25, -0.2) is 0 Å². The van der Waals surface area contributed by atoms with Crippen molar-refractivity contribution in [1.82, 2.24) is 0 Å². The summed E-state index contributed by atoms with van der Waals surface area (Å²) >= 11 is 0. The average molecular weight is 418 g/mol. The molecule has 0 saturated carbocycles. The smallest absolute Gasteiger partial charge is 0.190 e. The largest absolute Gasteiger partial charge is 0.457 e. The highest BCUT2D eigenvalue weighted by Gasteiger charge is 2.43. The van der Waals surface area contributed by atoms with Crippen LogP contribution in [0.4, 0.5) is 0 Å². The van der Waals surface area contributed by atoms with E-state index < -0.39 is 0 Å². The first-order chi connectivity index (χ1) is 15.7. The van der Waals surface area contributed by atoms with Gasteiger partial charge in [-0.05, 0) is 60.2 Å².